The van der Waals surface area contributed by atoms with Gasteiger partial charge in [-0.1, -0.05) is 72.3 Å². The van der Waals surface area contributed by atoms with Crippen LogP contribution in [-0.2, 0) is 16.0 Å². The summed E-state index contributed by atoms with van der Waals surface area (Å²) in [6.45, 7) is 1.89. The van der Waals surface area contributed by atoms with Crippen molar-refractivity contribution in [3.8, 4) is 0 Å². The van der Waals surface area contributed by atoms with Crippen LogP contribution < -0.4 is 5.32 Å². The summed E-state index contributed by atoms with van der Waals surface area (Å²) >= 11 is 0. The number of halogens is 1. The smallest absolute Gasteiger partial charge is 0.244 e. The Morgan fingerprint density at radius 1 is 1.00 bits per heavy atom. The number of fused-ring (bicyclic) bond motifs is 2. The van der Waals surface area contributed by atoms with Crippen molar-refractivity contribution in [3.63, 3.8) is 0 Å². The van der Waals surface area contributed by atoms with Gasteiger partial charge in [0, 0.05) is 11.3 Å². The average molecular weight is 439 g/mol. The normalized spacial score (nSPS) is 15.6. The third-order valence-corrected chi connectivity index (χ3v) is 6.13. The minimum absolute atomic E-state index is 0.0840. The van der Waals surface area contributed by atoms with Crippen molar-refractivity contribution in [2.75, 3.05) is 11.9 Å². The van der Waals surface area contributed by atoms with Crippen LogP contribution in [-0.4, -0.2) is 23.3 Å². The monoisotopic (exact) mass is 438 g/mol. The number of nitrogens with zero attached hydrogens (tertiary/aromatic N) is 1. The van der Waals surface area contributed by atoms with E-state index in [2.05, 4.69) is 5.32 Å². The molecule has 164 valence electrons. The first-order valence-electron chi connectivity index (χ1n) is 10.9. The van der Waals surface area contributed by atoms with Crippen molar-refractivity contribution in [3.05, 3.63) is 113 Å². The molecular weight excluding hydrogens is 415 g/mol. The standard InChI is InChI=1S/C28H23FN2O2/c1-18-9-14-25-24(15-18)28(20-10-12-22(29)13-11-20)31(17-26(32)30-25)27(33)16-21-7-4-6-19-5-2-3-8-23(19)21/h2-15,28H,16-17H2,1H3,(H,30,32). The van der Waals surface area contributed by atoms with E-state index in [-0.39, 0.29) is 30.6 Å². The predicted molar refractivity (Wildman–Crippen MR) is 127 cm³/mol. The van der Waals surface area contributed by atoms with Gasteiger partial charge in [-0.15, -0.1) is 0 Å². The maximum absolute atomic E-state index is 13.7. The molecule has 5 rings (SSSR count). The minimum atomic E-state index is -0.512. The fourth-order valence-corrected chi connectivity index (χ4v) is 4.57. The summed E-state index contributed by atoms with van der Waals surface area (Å²) in [7, 11) is 0. The van der Waals surface area contributed by atoms with E-state index in [1.54, 1.807) is 17.0 Å². The molecule has 0 radical (unpaired) electrons. The van der Waals surface area contributed by atoms with Crippen LogP contribution >= 0.6 is 0 Å². The van der Waals surface area contributed by atoms with Crippen molar-refractivity contribution >= 4 is 28.3 Å². The largest absolute Gasteiger partial charge is 0.324 e. The second-order valence-electron chi connectivity index (χ2n) is 8.43. The molecule has 0 fully saturated rings. The van der Waals surface area contributed by atoms with E-state index in [9.17, 15) is 14.0 Å². The Morgan fingerprint density at radius 2 is 1.76 bits per heavy atom. The molecule has 0 saturated carbocycles. The fourth-order valence-electron chi connectivity index (χ4n) is 4.57. The van der Waals surface area contributed by atoms with E-state index < -0.39 is 6.04 Å². The van der Waals surface area contributed by atoms with Crippen molar-refractivity contribution in [1.29, 1.82) is 0 Å². The lowest BCUT2D eigenvalue weighted by molar-refractivity contribution is -0.135. The van der Waals surface area contributed by atoms with Gasteiger partial charge >= 0.3 is 0 Å². The lowest BCUT2D eigenvalue weighted by Gasteiger charge is -2.31. The number of hydrogen-bond donors (Lipinski definition) is 1. The zero-order valence-corrected chi connectivity index (χ0v) is 18.2. The topological polar surface area (TPSA) is 49.4 Å². The summed E-state index contributed by atoms with van der Waals surface area (Å²) in [5.41, 5.74) is 4.16. The third-order valence-electron chi connectivity index (χ3n) is 6.13. The van der Waals surface area contributed by atoms with E-state index in [1.807, 2.05) is 67.6 Å². The summed E-state index contributed by atoms with van der Waals surface area (Å²) in [6, 6.07) is 25.2. The molecule has 0 bridgehead atoms. The Morgan fingerprint density at radius 3 is 2.58 bits per heavy atom. The number of hydrogen-bond acceptors (Lipinski definition) is 2. The SMILES string of the molecule is Cc1ccc2c(c1)C(c1ccc(F)cc1)N(C(=O)Cc1cccc3ccccc13)CC(=O)N2. The molecule has 4 aromatic rings. The lowest BCUT2D eigenvalue weighted by atomic mass is 9.93. The van der Waals surface area contributed by atoms with Crippen LogP contribution in [0.25, 0.3) is 10.8 Å². The van der Waals surface area contributed by atoms with Crippen LogP contribution in [0.5, 0.6) is 0 Å². The number of amides is 2. The molecule has 4 nitrogen and oxygen atoms in total. The van der Waals surface area contributed by atoms with Gasteiger partial charge in [0.15, 0.2) is 0 Å². The zero-order valence-electron chi connectivity index (χ0n) is 18.2. The number of nitrogens with one attached hydrogen (secondary N) is 1. The maximum atomic E-state index is 13.7. The van der Waals surface area contributed by atoms with Crippen LogP contribution in [0.1, 0.15) is 28.3 Å². The van der Waals surface area contributed by atoms with E-state index in [1.165, 1.54) is 12.1 Å². The maximum Gasteiger partial charge on any atom is 0.244 e. The number of aryl methyl sites for hydroxylation is 1. The summed E-state index contributed by atoms with van der Waals surface area (Å²) < 4.78 is 13.7. The first-order valence-corrected chi connectivity index (χ1v) is 10.9. The summed E-state index contributed by atoms with van der Waals surface area (Å²) in [5.74, 6) is -0.763. The van der Waals surface area contributed by atoms with E-state index in [4.69, 9.17) is 0 Å². The van der Waals surface area contributed by atoms with Crippen molar-refractivity contribution in [2.45, 2.75) is 19.4 Å². The number of benzene rings is 4. The molecule has 33 heavy (non-hydrogen) atoms. The molecule has 0 aromatic heterocycles. The van der Waals surface area contributed by atoms with Gasteiger partial charge in [-0.3, -0.25) is 9.59 Å². The molecule has 0 spiro atoms. The highest BCUT2D eigenvalue weighted by Gasteiger charge is 2.33. The van der Waals surface area contributed by atoms with Gasteiger partial charge in [0.1, 0.15) is 12.4 Å². The van der Waals surface area contributed by atoms with Gasteiger partial charge in [0.05, 0.1) is 12.5 Å². The van der Waals surface area contributed by atoms with Gasteiger partial charge in [-0.05, 0) is 47.0 Å². The van der Waals surface area contributed by atoms with Crippen LogP contribution in [0.4, 0.5) is 10.1 Å². The molecule has 0 aliphatic carbocycles. The summed E-state index contributed by atoms with van der Waals surface area (Å²) in [6.07, 6.45) is 0.160. The number of anilines is 1. The molecule has 1 aliphatic rings. The average Bonchev–Trinajstić information content (AvgIpc) is 2.95. The molecule has 4 aromatic carbocycles. The highest BCUT2D eigenvalue weighted by molar-refractivity contribution is 5.98. The lowest BCUT2D eigenvalue weighted by Crippen LogP contribution is -2.39. The van der Waals surface area contributed by atoms with E-state index >= 15 is 0 Å². The van der Waals surface area contributed by atoms with Gasteiger partial charge < -0.3 is 10.2 Å². The molecule has 0 saturated heterocycles. The molecule has 1 unspecified atom stereocenters. The van der Waals surface area contributed by atoms with Gasteiger partial charge in [-0.25, -0.2) is 4.39 Å². The third kappa shape index (κ3) is 4.10. The predicted octanol–water partition coefficient (Wildman–Crippen LogP) is 5.40. The highest BCUT2D eigenvalue weighted by atomic mass is 19.1. The fraction of sp³-hybridized carbons (Fsp3) is 0.143. The second kappa shape index (κ2) is 8.51. The van der Waals surface area contributed by atoms with E-state index in [0.717, 1.165) is 33.0 Å². The van der Waals surface area contributed by atoms with Crippen LogP contribution in [0, 0.1) is 12.7 Å². The number of carbonyl (C=O) groups is 2. The summed E-state index contributed by atoms with van der Waals surface area (Å²) in [5, 5.41) is 5.01. The first-order chi connectivity index (χ1) is 16.0. The molecule has 2 amide bonds. The summed E-state index contributed by atoms with van der Waals surface area (Å²) in [4.78, 5) is 28.1. The Labute approximate surface area is 191 Å². The number of rotatable bonds is 3. The molecule has 5 heteroatoms. The van der Waals surface area contributed by atoms with Crippen molar-refractivity contribution in [2.24, 2.45) is 0 Å². The molecular formula is C28H23FN2O2. The first kappa shape index (κ1) is 20.9. The Balaban J connectivity index is 1.60. The van der Waals surface area contributed by atoms with Crippen LogP contribution in [0.2, 0.25) is 0 Å². The number of carbonyl (C=O) groups excluding carboxylic acids is 2. The van der Waals surface area contributed by atoms with Crippen LogP contribution in [0.15, 0.2) is 84.9 Å². The van der Waals surface area contributed by atoms with Gasteiger partial charge in [0.2, 0.25) is 11.8 Å². The molecule has 1 heterocycles. The molecule has 1 N–H and O–H groups in total. The highest BCUT2D eigenvalue weighted by Crippen LogP contribution is 2.37. The zero-order chi connectivity index (χ0) is 22.9. The quantitative estimate of drug-likeness (QED) is 0.466. The van der Waals surface area contributed by atoms with Crippen LogP contribution in [0.3, 0.4) is 0 Å². The van der Waals surface area contributed by atoms with E-state index in [0.29, 0.717) is 5.69 Å². The molecule has 1 aliphatic heterocycles. The Kier molecular flexibility index (Phi) is 5.38. The Hall–Kier alpha value is -3.99. The van der Waals surface area contributed by atoms with Crippen molar-refractivity contribution in [1.82, 2.24) is 4.90 Å². The van der Waals surface area contributed by atoms with Gasteiger partial charge in [-0.2, -0.15) is 0 Å². The molecule has 1 atom stereocenters. The minimum Gasteiger partial charge on any atom is -0.324 e. The van der Waals surface area contributed by atoms with Gasteiger partial charge in [0.25, 0.3) is 0 Å². The Bertz CT molecular complexity index is 1360. The second-order valence-corrected chi connectivity index (χ2v) is 8.43. The van der Waals surface area contributed by atoms with Crippen molar-refractivity contribution < 1.29 is 14.0 Å².